The molecule has 0 spiro atoms. The van der Waals surface area contributed by atoms with Gasteiger partial charge in [-0.2, -0.15) is 13.2 Å². The molecule has 0 bridgehead atoms. The lowest BCUT2D eigenvalue weighted by molar-refractivity contribution is -0.137. The van der Waals surface area contributed by atoms with Crippen molar-refractivity contribution in [2.24, 2.45) is 0 Å². The average Bonchev–Trinajstić information content (AvgIpc) is 2.69. The van der Waals surface area contributed by atoms with Gasteiger partial charge < -0.3 is 14.4 Å². The van der Waals surface area contributed by atoms with Gasteiger partial charge in [-0.25, -0.2) is 4.79 Å². The van der Waals surface area contributed by atoms with Crippen LogP contribution in [0.1, 0.15) is 57.3 Å². The molecule has 0 aliphatic rings. The predicted octanol–water partition coefficient (Wildman–Crippen LogP) is 6.86. The summed E-state index contributed by atoms with van der Waals surface area (Å²) in [5.74, 6) is 0.382. The van der Waals surface area contributed by atoms with E-state index in [0.29, 0.717) is 18.7 Å². The van der Waals surface area contributed by atoms with Gasteiger partial charge >= 0.3 is 12.3 Å². The summed E-state index contributed by atoms with van der Waals surface area (Å²) in [5, 5.41) is 0. The summed E-state index contributed by atoms with van der Waals surface area (Å²) in [5.41, 5.74) is -0.302. The fourth-order valence-electron chi connectivity index (χ4n) is 2.96. The molecule has 4 nitrogen and oxygen atoms in total. The summed E-state index contributed by atoms with van der Waals surface area (Å²) < 4.78 is 49.7. The largest absolute Gasteiger partial charge is 0.486 e. The molecule has 2 aromatic rings. The summed E-state index contributed by atoms with van der Waals surface area (Å²) >= 11 is 0. The number of ether oxygens (including phenoxy) is 2. The minimum atomic E-state index is -4.38. The summed E-state index contributed by atoms with van der Waals surface area (Å²) in [6.45, 7) is 6.00. The Balaban J connectivity index is 1.95. The first kappa shape index (κ1) is 24.6. The lowest BCUT2D eigenvalue weighted by Gasteiger charge is -2.25. The number of amides is 1. The fraction of sp³-hybridized carbons (Fsp3) is 0.458. The van der Waals surface area contributed by atoms with Gasteiger partial charge in [0.05, 0.1) is 5.56 Å². The van der Waals surface area contributed by atoms with Crippen molar-refractivity contribution >= 4 is 6.09 Å². The highest BCUT2D eigenvalue weighted by Crippen LogP contribution is 2.32. The number of halogens is 3. The quantitative estimate of drug-likeness (QED) is 0.423. The Kier molecular flexibility index (Phi) is 8.36. The number of unbranched alkanes of at least 4 members (excludes halogenated alkanes) is 1. The van der Waals surface area contributed by atoms with Gasteiger partial charge in [-0.05, 0) is 69.9 Å². The van der Waals surface area contributed by atoms with Crippen LogP contribution < -0.4 is 4.74 Å². The van der Waals surface area contributed by atoms with Crippen LogP contribution in [0.4, 0.5) is 18.0 Å². The molecule has 0 saturated carbocycles. The third-order valence-electron chi connectivity index (χ3n) is 4.55. The summed E-state index contributed by atoms with van der Waals surface area (Å²) in [4.78, 5) is 13.6. The van der Waals surface area contributed by atoms with Gasteiger partial charge in [-0.15, -0.1) is 0 Å². The van der Waals surface area contributed by atoms with Crippen molar-refractivity contribution in [3.63, 3.8) is 0 Å². The molecule has 0 saturated heterocycles. The molecular weight excluding hydrogens is 407 g/mol. The highest BCUT2D eigenvalue weighted by atomic mass is 19.4. The van der Waals surface area contributed by atoms with Crippen LogP contribution in [-0.2, 0) is 10.9 Å². The van der Waals surface area contributed by atoms with Gasteiger partial charge in [-0.3, -0.25) is 0 Å². The van der Waals surface area contributed by atoms with Crippen LogP contribution in [0.15, 0.2) is 54.6 Å². The number of hydrogen-bond donors (Lipinski definition) is 0. The number of carbonyl (C=O) groups excluding carboxylic acids is 1. The molecule has 2 aromatic carbocycles. The lowest BCUT2D eigenvalue weighted by atomic mass is 10.0. The van der Waals surface area contributed by atoms with E-state index < -0.39 is 17.3 Å². The lowest BCUT2D eigenvalue weighted by Crippen LogP contribution is -2.34. The zero-order chi connectivity index (χ0) is 23.1. The molecule has 1 atom stereocenters. The van der Waals surface area contributed by atoms with E-state index in [1.165, 1.54) is 12.1 Å². The van der Waals surface area contributed by atoms with E-state index >= 15 is 0 Å². The van der Waals surface area contributed by atoms with Crippen molar-refractivity contribution in [3.8, 4) is 5.75 Å². The van der Waals surface area contributed by atoms with E-state index in [1.54, 1.807) is 11.9 Å². The standard InChI is InChI=1S/C24H30F3NO3/c1-23(2,3)31-22(29)28(4)17-9-8-12-21(18-10-6-5-7-11-18)30-20-15-13-19(14-16-20)24(25,26)27/h5-7,10-11,13-16,21H,8-9,12,17H2,1-4H3. The maximum atomic E-state index is 12.8. The number of benzene rings is 2. The smallest absolute Gasteiger partial charge is 0.416 e. The molecule has 31 heavy (non-hydrogen) atoms. The van der Waals surface area contributed by atoms with Crippen LogP contribution in [0.5, 0.6) is 5.75 Å². The molecule has 0 aliphatic carbocycles. The Morgan fingerprint density at radius 2 is 1.58 bits per heavy atom. The van der Waals surface area contributed by atoms with E-state index in [0.717, 1.165) is 30.5 Å². The van der Waals surface area contributed by atoms with Crippen molar-refractivity contribution in [3.05, 3.63) is 65.7 Å². The Bertz CT molecular complexity index is 815. The van der Waals surface area contributed by atoms with Gasteiger partial charge in [0.2, 0.25) is 0 Å². The molecule has 0 radical (unpaired) electrons. The number of carbonyl (C=O) groups is 1. The normalized spacial score (nSPS) is 12.9. The Hall–Kier alpha value is -2.70. The maximum absolute atomic E-state index is 12.8. The third kappa shape index (κ3) is 8.52. The molecule has 0 aromatic heterocycles. The van der Waals surface area contributed by atoms with Crippen LogP contribution in [0.25, 0.3) is 0 Å². The second kappa shape index (κ2) is 10.6. The van der Waals surface area contributed by atoms with Crippen molar-refractivity contribution < 1.29 is 27.4 Å². The maximum Gasteiger partial charge on any atom is 0.416 e. The Labute approximate surface area is 182 Å². The van der Waals surface area contributed by atoms with Gasteiger partial charge in [0, 0.05) is 13.6 Å². The molecule has 1 unspecified atom stereocenters. The molecule has 2 rings (SSSR count). The first-order chi connectivity index (χ1) is 14.5. The van der Waals surface area contributed by atoms with E-state index in [1.807, 2.05) is 51.1 Å². The van der Waals surface area contributed by atoms with Crippen molar-refractivity contribution in [2.75, 3.05) is 13.6 Å². The van der Waals surface area contributed by atoms with E-state index in [-0.39, 0.29) is 12.2 Å². The Morgan fingerprint density at radius 3 is 2.13 bits per heavy atom. The number of rotatable bonds is 8. The molecule has 0 fully saturated rings. The Morgan fingerprint density at radius 1 is 0.968 bits per heavy atom. The van der Waals surface area contributed by atoms with E-state index in [9.17, 15) is 18.0 Å². The van der Waals surface area contributed by atoms with Crippen LogP contribution >= 0.6 is 0 Å². The first-order valence-electron chi connectivity index (χ1n) is 10.3. The molecule has 7 heteroatoms. The van der Waals surface area contributed by atoms with Gasteiger partial charge in [0.1, 0.15) is 17.5 Å². The monoisotopic (exact) mass is 437 g/mol. The number of alkyl halides is 3. The van der Waals surface area contributed by atoms with Crippen LogP contribution in [0, 0.1) is 0 Å². The topological polar surface area (TPSA) is 38.8 Å². The second-order valence-electron chi connectivity index (χ2n) is 8.44. The van der Waals surface area contributed by atoms with E-state index in [2.05, 4.69) is 0 Å². The third-order valence-corrected chi connectivity index (χ3v) is 4.55. The van der Waals surface area contributed by atoms with Crippen molar-refractivity contribution in [1.82, 2.24) is 4.90 Å². The van der Waals surface area contributed by atoms with Crippen LogP contribution in [0.3, 0.4) is 0 Å². The summed E-state index contributed by atoms with van der Waals surface area (Å²) in [6, 6.07) is 14.3. The number of hydrogen-bond acceptors (Lipinski definition) is 3. The van der Waals surface area contributed by atoms with Gasteiger partial charge in [0.25, 0.3) is 0 Å². The number of nitrogens with zero attached hydrogens (tertiary/aromatic N) is 1. The molecule has 170 valence electrons. The van der Waals surface area contributed by atoms with Crippen molar-refractivity contribution in [1.29, 1.82) is 0 Å². The zero-order valence-electron chi connectivity index (χ0n) is 18.4. The van der Waals surface area contributed by atoms with Crippen LogP contribution in [-0.4, -0.2) is 30.2 Å². The SMILES string of the molecule is CN(CCCCC(Oc1ccc(C(F)(F)F)cc1)c1ccccc1)C(=O)OC(C)(C)C. The minimum absolute atomic E-state index is 0.301. The molecular formula is C24H30F3NO3. The zero-order valence-corrected chi connectivity index (χ0v) is 18.4. The highest BCUT2D eigenvalue weighted by molar-refractivity contribution is 5.67. The summed E-state index contributed by atoms with van der Waals surface area (Å²) in [6.07, 6.45) is -2.87. The molecule has 0 N–H and O–H groups in total. The highest BCUT2D eigenvalue weighted by Gasteiger charge is 2.30. The van der Waals surface area contributed by atoms with Gasteiger partial charge in [0.15, 0.2) is 0 Å². The summed E-state index contributed by atoms with van der Waals surface area (Å²) in [7, 11) is 1.70. The second-order valence-corrected chi connectivity index (χ2v) is 8.44. The van der Waals surface area contributed by atoms with Gasteiger partial charge in [-0.1, -0.05) is 30.3 Å². The van der Waals surface area contributed by atoms with Crippen molar-refractivity contribution in [2.45, 2.75) is 57.9 Å². The first-order valence-corrected chi connectivity index (χ1v) is 10.3. The average molecular weight is 438 g/mol. The fourth-order valence-corrected chi connectivity index (χ4v) is 2.96. The predicted molar refractivity (Wildman–Crippen MR) is 114 cm³/mol. The minimum Gasteiger partial charge on any atom is -0.486 e. The molecule has 1 amide bonds. The molecule has 0 aliphatic heterocycles. The van der Waals surface area contributed by atoms with E-state index in [4.69, 9.17) is 9.47 Å². The van der Waals surface area contributed by atoms with Crippen LogP contribution in [0.2, 0.25) is 0 Å². The molecule has 0 heterocycles.